The molecule has 0 aromatic carbocycles. The van der Waals surface area contributed by atoms with Crippen molar-refractivity contribution in [1.82, 2.24) is 0 Å². The summed E-state index contributed by atoms with van der Waals surface area (Å²) in [5.41, 5.74) is -0.420. The van der Waals surface area contributed by atoms with Crippen LogP contribution < -0.4 is 0 Å². The fourth-order valence-corrected chi connectivity index (χ4v) is 7.73. The van der Waals surface area contributed by atoms with Crippen molar-refractivity contribution in [2.75, 3.05) is 0 Å². The van der Waals surface area contributed by atoms with Crippen LogP contribution in [-0.4, -0.2) is 50.4 Å². The third-order valence-corrected chi connectivity index (χ3v) is 9.34. The molecule has 166 valence electrons. The Morgan fingerprint density at radius 1 is 1.10 bits per heavy atom. The molecule has 3 unspecified atom stereocenters. The van der Waals surface area contributed by atoms with Crippen LogP contribution in [-0.2, 0) is 14.4 Å². The molecule has 7 nitrogen and oxygen atoms in total. The van der Waals surface area contributed by atoms with Crippen LogP contribution in [0, 0.1) is 40.4 Å². The van der Waals surface area contributed by atoms with Crippen molar-refractivity contribution in [2.45, 2.75) is 71.0 Å². The Bertz CT molecular complexity index is 803. The number of carbonyl (C=O) groups is 3. The average molecular weight is 421 g/mol. The molecule has 4 aliphatic rings. The second-order valence-electron chi connectivity index (χ2n) is 10.4. The number of carboxylic acid groups (broad SMARTS) is 2. The van der Waals surface area contributed by atoms with Crippen LogP contribution in [0.4, 0.5) is 0 Å². The lowest BCUT2D eigenvalue weighted by atomic mass is 9.44. The van der Waals surface area contributed by atoms with E-state index in [0.29, 0.717) is 18.4 Å². The molecule has 7 heteroatoms. The van der Waals surface area contributed by atoms with E-state index in [1.807, 2.05) is 6.92 Å². The molecule has 0 radical (unpaired) electrons. The van der Waals surface area contributed by atoms with Crippen molar-refractivity contribution >= 4 is 17.7 Å². The summed E-state index contributed by atoms with van der Waals surface area (Å²) in [5, 5.41) is 39.6. The van der Waals surface area contributed by atoms with Crippen LogP contribution in [0.15, 0.2) is 11.6 Å². The van der Waals surface area contributed by atoms with Gasteiger partial charge in [0, 0.05) is 6.42 Å². The third-order valence-electron chi connectivity index (χ3n) is 9.34. The number of ketones is 1. The normalized spacial score (nSPS) is 47.7. The number of hydrogen-bond acceptors (Lipinski definition) is 5. The average Bonchev–Trinajstić information content (AvgIpc) is 3.02. The number of Topliss-reactive ketones (excluding diaryl/α,β-unsaturated/α-hetero) is 1. The van der Waals surface area contributed by atoms with Crippen molar-refractivity contribution in [3.63, 3.8) is 0 Å². The summed E-state index contributed by atoms with van der Waals surface area (Å²) in [5.74, 6) is -2.73. The fourth-order valence-electron chi connectivity index (χ4n) is 7.73. The van der Waals surface area contributed by atoms with E-state index >= 15 is 0 Å². The highest BCUT2D eigenvalue weighted by atomic mass is 16.4. The predicted octanol–water partition coefficient (Wildman–Crippen LogP) is 2.25. The fraction of sp³-hybridized carbons (Fsp3) is 0.783. The van der Waals surface area contributed by atoms with Gasteiger partial charge in [-0.25, -0.2) is 0 Å². The molecule has 0 saturated heterocycles. The van der Waals surface area contributed by atoms with Gasteiger partial charge in [-0.2, -0.15) is 0 Å². The number of carbonyl (C=O) groups excluding carboxylic acids is 1. The molecule has 0 aromatic heterocycles. The molecule has 0 amide bonds. The van der Waals surface area contributed by atoms with Crippen molar-refractivity contribution in [3.8, 4) is 0 Å². The van der Waals surface area contributed by atoms with Crippen molar-refractivity contribution in [3.05, 3.63) is 11.6 Å². The van der Waals surface area contributed by atoms with E-state index in [2.05, 4.69) is 6.92 Å². The van der Waals surface area contributed by atoms with Gasteiger partial charge in [0.2, 0.25) is 0 Å². The number of aliphatic carboxylic acids is 2. The van der Waals surface area contributed by atoms with Gasteiger partial charge in [-0.3, -0.25) is 14.4 Å². The first-order chi connectivity index (χ1) is 14.0. The largest absolute Gasteiger partial charge is 0.481 e. The molecular weight excluding hydrogens is 388 g/mol. The van der Waals surface area contributed by atoms with Gasteiger partial charge >= 0.3 is 11.9 Å². The van der Waals surface area contributed by atoms with E-state index in [4.69, 9.17) is 5.11 Å². The van der Waals surface area contributed by atoms with Gasteiger partial charge in [-0.15, -0.1) is 0 Å². The number of fused-ring (bicyclic) bond motifs is 5. The number of aliphatic hydroxyl groups is 2. The van der Waals surface area contributed by atoms with E-state index < -0.39 is 41.3 Å². The van der Waals surface area contributed by atoms with Crippen LogP contribution in [0.3, 0.4) is 0 Å². The van der Waals surface area contributed by atoms with Crippen LogP contribution in [0.5, 0.6) is 0 Å². The first-order valence-corrected chi connectivity index (χ1v) is 11.1. The van der Waals surface area contributed by atoms with Gasteiger partial charge in [0.15, 0.2) is 5.78 Å². The minimum atomic E-state index is -1.47. The third kappa shape index (κ3) is 2.88. The Morgan fingerprint density at radius 2 is 1.80 bits per heavy atom. The minimum Gasteiger partial charge on any atom is -0.481 e. The molecule has 4 aliphatic carbocycles. The summed E-state index contributed by atoms with van der Waals surface area (Å²) in [7, 11) is 0. The second kappa shape index (κ2) is 7.16. The molecule has 4 N–H and O–H groups in total. The Hall–Kier alpha value is -1.73. The van der Waals surface area contributed by atoms with Crippen LogP contribution in [0.25, 0.3) is 0 Å². The number of rotatable bonds is 4. The molecule has 0 aliphatic heterocycles. The highest BCUT2D eigenvalue weighted by Gasteiger charge is 2.65. The lowest BCUT2D eigenvalue weighted by Gasteiger charge is -2.59. The second-order valence-corrected chi connectivity index (χ2v) is 10.4. The summed E-state index contributed by atoms with van der Waals surface area (Å²) in [6.07, 6.45) is 2.93. The van der Waals surface area contributed by atoms with Crippen molar-refractivity contribution in [1.29, 1.82) is 0 Å². The van der Waals surface area contributed by atoms with Crippen molar-refractivity contribution in [2.24, 2.45) is 40.4 Å². The Kier molecular flexibility index (Phi) is 5.13. The molecule has 30 heavy (non-hydrogen) atoms. The zero-order chi connectivity index (χ0) is 22.0. The van der Waals surface area contributed by atoms with E-state index in [9.17, 15) is 29.7 Å². The SMILES string of the molecule is C[C@]12C(=O)C(O)C(O)C=C1CC(C(=O)O)[C@@H]1[C@@H]2CC[C@]2(C)[C@@H](CCC(=O)O)CC[C@@H]12. The maximum atomic E-state index is 13.2. The smallest absolute Gasteiger partial charge is 0.307 e. The zero-order valence-corrected chi connectivity index (χ0v) is 17.6. The van der Waals surface area contributed by atoms with Crippen LogP contribution in [0.2, 0.25) is 0 Å². The maximum Gasteiger partial charge on any atom is 0.307 e. The first kappa shape index (κ1) is 21.5. The number of allylic oxidation sites excluding steroid dienone is 1. The van der Waals surface area contributed by atoms with E-state index in [1.54, 1.807) is 0 Å². The molecular formula is C23H32O7. The van der Waals surface area contributed by atoms with E-state index in [1.165, 1.54) is 6.08 Å². The van der Waals surface area contributed by atoms with Gasteiger partial charge in [-0.1, -0.05) is 18.6 Å². The molecule has 0 heterocycles. The molecule has 3 fully saturated rings. The lowest BCUT2D eigenvalue weighted by Crippen LogP contribution is -2.60. The summed E-state index contributed by atoms with van der Waals surface area (Å²) in [6, 6.07) is 0. The predicted molar refractivity (Wildman–Crippen MR) is 106 cm³/mol. The van der Waals surface area contributed by atoms with Crippen LogP contribution in [0.1, 0.15) is 58.8 Å². The highest BCUT2D eigenvalue weighted by Crippen LogP contribution is 2.67. The number of aliphatic hydroxyl groups excluding tert-OH is 2. The molecule has 0 aromatic rings. The molecule has 4 rings (SSSR count). The standard InChI is InChI=1S/C23H32O7/c1-22-8-7-15-18(14(22)5-3-11(22)4-6-17(25)26)13(21(29)30)9-12-10-16(24)19(27)20(28)23(12,15)2/h10-11,13-16,18-19,24,27H,3-9H2,1-2H3,(H,25,26)(H,29,30)/t11-,13?,14+,15+,16?,18+,19?,22-,23+/m1/s1. The number of hydrogen-bond donors (Lipinski definition) is 4. The lowest BCUT2D eigenvalue weighted by molar-refractivity contribution is -0.165. The molecule has 0 bridgehead atoms. The Morgan fingerprint density at radius 3 is 2.43 bits per heavy atom. The Balaban J connectivity index is 1.73. The van der Waals surface area contributed by atoms with Gasteiger partial charge in [0.1, 0.15) is 12.2 Å². The van der Waals surface area contributed by atoms with Crippen LogP contribution >= 0.6 is 0 Å². The van der Waals surface area contributed by atoms with Gasteiger partial charge in [-0.05, 0) is 74.5 Å². The van der Waals surface area contributed by atoms with Gasteiger partial charge in [0.25, 0.3) is 0 Å². The first-order valence-electron chi connectivity index (χ1n) is 11.1. The van der Waals surface area contributed by atoms with Crippen molar-refractivity contribution < 1.29 is 34.8 Å². The summed E-state index contributed by atoms with van der Waals surface area (Å²) in [6.45, 7) is 4.01. The zero-order valence-electron chi connectivity index (χ0n) is 17.6. The quantitative estimate of drug-likeness (QED) is 0.513. The Labute approximate surface area is 176 Å². The monoisotopic (exact) mass is 420 g/mol. The minimum absolute atomic E-state index is 0.117. The van der Waals surface area contributed by atoms with Gasteiger partial charge < -0.3 is 20.4 Å². The molecule has 9 atom stereocenters. The highest BCUT2D eigenvalue weighted by molar-refractivity contribution is 5.94. The van der Waals surface area contributed by atoms with Gasteiger partial charge in [0.05, 0.1) is 11.3 Å². The summed E-state index contributed by atoms with van der Waals surface area (Å²) in [4.78, 5) is 36.6. The molecule has 3 saturated carbocycles. The molecule has 0 spiro atoms. The number of carboxylic acids is 2. The van der Waals surface area contributed by atoms with E-state index in [0.717, 1.165) is 19.3 Å². The maximum absolute atomic E-state index is 13.2. The topological polar surface area (TPSA) is 132 Å². The summed E-state index contributed by atoms with van der Waals surface area (Å²) >= 11 is 0. The summed E-state index contributed by atoms with van der Waals surface area (Å²) < 4.78 is 0. The van der Waals surface area contributed by atoms with E-state index in [-0.39, 0.29) is 41.9 Å².